The molecule has 8 nitrogen and oxygen atoms in total. The molecule has 0 bridgehead atoms. The summed E-state index contributed by atoms with van der Waals surface area (Å²) in [5.41, 5.74) is 0.835. The lowest BCUT2D eigenvalue weighted by atomic mass is 10.2. The van der Waals surface area contributed by atoms with E-state index in [0.717, 1.165) is 5.69 Å². The van der Waals surface area contributed by atoms with Crippen LogP contribution in [0.1, 0.15) is 18.4 Å². The molecule has 0 aromatic carbocycles. The Bertz CT molecular complexity index is 596. The fraction of sp³-hybridized carbons (Fsp3) is 0.571. The molecule has 0 fully saturated rings. The Labute approximate surface area is 142 Å². The third-order valence-corrected chi connectivity index (χ3v) is 2.76. The number of hydrogen-bond acceptors (Lipinski definition) is 6. The van der Waals surface area contributed by atoms with Crippen molar-refractivity contribution in [1.82, 2.24) is 9.97 Å². The topological polar surface area (TPSA) is 113 Å². The number of aromatic nitrogens is 2. The average Bonchev–Trinajstić information content (AvgIpc) is 2.46. The summed E-state index contributed by atoms with van der Waals surface area (Å²) in [6.45, 7) is 4.29. The molecule has 2 N–H and O–H groups in total. The van der Waals surface area contributed by atoms with Crippen LogP contribution in [0.3, 0.4) is 0 Å². The maximum atomic E-state index is 10.8. The lowest BCUT2D eigenvalue weighted by Crippen LogP contribution is -2.29. The molecule has 0 radical (unpaired) electrons. The number of rotatable bonds is 6. The molecule has 0 saturated heterocycles. The van der Waals surface area contributed by atoms with E-state index in [2.05, 4.69) is 9.97 Å². The highest BCUT2D eigenvalue weighted by Crippen LogP contribution is 2.14. The van der Waals surface area contributed by atoms with Gasteiger partial charge in [0.25, 0.3) is 0 Å². The van der Waals surface area contributed by atoms with Gasteiger partial charge < -0.3 is 19.8 Å². The van der Waals surface area contributed by atoms with E-state index in [4.69, 9.17) is 19.7 Å². The van der Waals surface area contributed by atoms with Crippen LogP contribution in [-0.2, 0) is 20.9 Å². The van der Waals surface area contributed by atoms with Gasteiger partial charge in [0.15, 0.2) is 5.82 Å². The van der Waals surface area contributed by atoms with Gasteiger partial charge in [-0.3, -0.25) is 4.79 Å². The molecule has 1 unspecified atom stereocenters. The van der Waals surface area contributed by atoms with Gasteiger partial charge in [-0.1, -0.05) is 6.92 Å². The van der Waals surface area contributed by atoms with Crippen molar-refractivity contribution in [3.05, 3.63) is 17.6 Å². The minimum atomic E-state index is -5.08. The van der Waals surface area contributed by atoms with Crippen molar-refractivity contribution in [2.75, 3.05) is 25.6 Å². The van der Waals surface area contributed by atoms with Crippen LogP contribution in [0.15, 0.2) is 6.07 Å². The van der Waals surface area contributed by atoms with Gasteiger partial charge in [-0.15, -0.1) is 0 Å². The summed E-state index contributed by atoms with van der Waals surface area (Å²) in [4.78, 5) is 30.1. The van der Waals surface area contributed by atoms with E-state index in [1.807, 2.05) is 24.9 Å². The first-order chi connectivity index (χ1) is 11.4. The maximum Gasteiger partial charge on any atom is 0.490 e. The summed E-state index contributed by atoms with van der Waals surface area (Å²) < 4.78 is 36.7. The largest absolute Gasteiger partial charge is 0.490 e. The average molecular weight is 367 g/mol. The van der Waals surface area contributed by atoms with Crippen molar-refractivity contribution < 1.29 is 37.7 Å². The Morgan fingerprint density at radius 1 is 1.32 bits per heavy atom. The first-order valence-electron chi connectivity index (χ1n) is 6.96. The molecular formula is C14H20F3N3O5. The van der Waals surface area contributed by atoms with Crippen LogP contribution in [0, 0.1) is 12.8 Å². The molecule has 1 aromatic heterocycles. The minimum Gasteiger partial charge on any atom is -0.481 e. The fourth-order valence-electron chi connectivity index (χ4n) is 1.58. The van der Waals surface area contributed by atoms with Gasteiger partial charge in [-0.25, -0.2) is 14.8 Å². The SMILES string of the molecule is COCc1nc(C)cc(N(C)CC(C)C(=O)O)n1.O=C(O)C(F)(F)F. The molecule has 1 rings (SSSR count). The second-order valence-electron chi connectivity index (χ2n) is 5.14. The molecule has 25 heavy (non-hydrogen) atoms. The Kier molecular flexibility index (Phi) is 8.82. The molecule has 1 aromatic rings. The zero-order valence-corrected chi connectivity index (χ0v) is 14.2. The number of methoxy groups -OCH3 is 1. The number of ether oxygens (including phenoxy) is 1. The van der Waals surface area contributed by atoms with Gasteiger partial charge in [0.05, 0.1) is 5.92 Å². The van der Waals surface area contributed by atoms with E-state index in [-0.39, 0.29) is 0 Å². The first kappa shape index (κ1) is 22.6. The first-order valence-corrected chi connectivity index (χ1v) is 6.96. The lowest BCUT2D eigenvalue weighted by Gasteiger charge is -2.21. The fourth-order valence-corrected chi connectivity index (χ4v) is 1.58. The molecule has 0 saturated carbocycles. The van der Waals surface area contributed by atoms with Crippen molar-refractivity contribution >= 4 is 17.8 Å². The van der Waals surface area contributed by atoms with E-state index in [1.54, 1.807) is 14.0 Å². The Balaban J connectivity index is 0.000000697. The molecule has 11 heteroatoms. The molecule has 0 amide bonds. The van der Waals surface area contributed by atoms with Crippen LogP contribution in [0.4, 0.5) is 19.0 Å². The van der Waals surface area contributed by atoms with Crippen LogP contribution >= 0.6 is 0 Å². The molecular weight excluding hydrogens is 347 g/mol. The zero-order chi connectivity index (χ0) is 19.8. The third-order valence-electron chi connectivity index (χ3n) is 2.76. The van der Waals surface area contributed by atoms with E-state index < -0.39 is 24.0 Å². The van der Waals surface area contributed by atoms with Gasteiger partial charge in [-0.2, -0.15) is 13.2 Å². The van der Waals surface area contributed by atoms with Crippen molar-refractivity contribution in [3.63, 3.8) is 0 Å². The molecule has 0 aliphatic rings. The maximum absolute atomic E-state index is 10.8. The van der Waals surface area contributed by atoms with Crippen LogP contribution in [0.2, 0.25) is 0 Å². The van der Waals surface area contributed by atoms with Gasteiger partial charge >= 0.3 is 18.1 Å². The number of alkyl halides is 3. The molecule has 142 valence electrons. The van der Waals surface area contributed by atoms with Crippen molar-refractivity contribution in [1.29, 1.82) is 0 Å². The number of nitrogens with zero attached hydrogens (tertiary/aromatic N) is 3. The van der Waals surface area contributed by atoms with Gasteiger partial charge in [0, 0.05) is 32.5 Å². The second kappa shape index (κ2) is 9.77. The highest BCUT2D eigenvalue weighted by molar-refractivity contribution is 5.73. The van der Waals surface area contributed by atoms with E-state index >= 15 is 0 Å². The summed E-state index contributed by atoms with van der Waals surface area (Å²) in [5, 5.41) is 16.0. The summed E-state index contributed by atoms with van der Waals surface area (Å²) >= 11 is 0. The van der Waals surface area contributed by atoms with Gasteiger partial charge in [0.1, 0.15) is 12.4 Å². The number of anilines is 1. The Morgan fingerprint density at radius 3 is 2.24 bits per heavy atom. The van der Waals surface area contributed by atoms with Crippen LogP contribution < -0.4 is 4.90 Å². The number of halogens is 3. The van der Waals surface area contributed by atoms with E-state index in [1.165, 1.54) is 0 Å². The zero-order valence-electron chi connectivity index (χ0n) is 14.2. The van der Waals surface area contributed by atoms with Crippen LogP contribution in [-0.4, -0.2) is 59.0 Å². The van der Waals surface area contributed by atoms with Gasteiger partial charge in [0.2, 0.25) is 0 Å². The minimum absolute atomic E-state index is 0.344. The Hall–Kier alpha value is -2.43. The molecule has 1 heterocycles. The normalized spacial score (nSPS) is 12.0. The van der Waals surface area contributed by atoms with E-state index in [9.17, 15) is 18.0 Å². The molecule has 0 aliphatic heterocycles. The van der Waals surface area contributed by atoms with Crippen molar-refractivity contribution in [2.45, 2.75) is 26.6 Å². The third kappa shape index (κ3) is 8.84. The number of hydrogen-bond donors (Lipinski definition) is 2. The smallest absolute Gasteiger partial charge is 0.481 e. The lowest BCUT2D eigenvalue weighted by molar-refractivity contribution is -0.192. The predicted octanol–water partition coefficient (Wildman–Crippen LogP) is 1.72. The summed E-state index contributed by atoms with van der Waals surface area (Å²) in [7, 11) is 3.40. The quantitative estimate of drug-likeness (QED) is 0.781. The molecule has 0 spiro atoms. The van der Waals surface area contributed by atoms with Gasteiger partial charge in [-0.05, 0) is 6.92 Å². The monoisotopic (exact) mass is 367 g/mol. The van der Waals surface area contributed by atoms with Crippen molar-refractivity contribution in [3.8, 4) is 0 Å². The Morgan fingerprint density at radius 2 is 1.84 bits per heavy atom. The van der Waals surface area contributed by atoms with E-state index in [0.29, 0.717) is 24.8 Å². The van der Waals surface area contributed by atoms with Crippen molar-refractivity contribution in [2.24, 2.45) is 5.92 Å². The predicted molar refractivity (Wildman–Crippen MR) is 81.2 cm³/mol. The summed E-state index contributed by atoms with van der Waals surface area (Å²) in [5.74, 6) is -2.71. The molecule has 0 aliphatic carbocycles. The standard InChI is InChI=1S/C12H19N3O3.C2HF3O2/c1-8(12(16)17)6-15(3)11-5-9(2)13-10(14-11)7-18-4;3-2(4,5)1(6)7/h5,8H,6-7H2,1-4H3,(H,16,17);(H,6,7). The molecule has 1 atom stereocenters. The highest BCUT2D eigenvalue weighted by Gasteiger charge is 2.38. The van der Waals surface area contributed by atoms with Crippen LogP contribution in [0.25, 0.3) is 0 Å². The second-order valence-corrected chi connectivity index (χ2v) is 5.14. The number of carboxylic acid groups (broad SMARTS) is 2. The highest BCUT2D eigenvalue weighted by atomic mass is 19.4. The van der Waals surface area contributed by atoms with Crippen LogP contribution in [0.5, 0.6) is 0 Å². The number of aryl methyl sites for hydroxylation is 1. The summed E-state index contributed by atoms with van der Waals surface area (Å²) in [6, 6.07) is 1.83. The number of aliphatic carboxylic acids is 2. The number of carbonyl (C=O) groups is 2. The number of carboxylic acids is 2. The summed E-state index contributed by atoms with van der Waals surface area (Å²) in [6.07, 6.45) is -5.08.